The van der Waals surface area contributed by atoms with Gasteiger partial charge in [0.15, 0.2) is 0 Å². The highest BCUT2D eigenvalue weighted by Crippen LogP contribution is 2.46. The maximum absolute atomic E-state index is 11.4. The largest absolute Gasteiger partial charge is 0.395 e. The Hall–Kier alpha value is -1.26. The van der Waals surface area contributed by atoms with Crippen molar-refractivity contribution in [3.63, 3.8) is 0 Å². The Morgan fingerprint density at radius 1 is 0.962 bits per heavy atom. The molecule has 1 saturated heterocycles. The van der Waals surface area contributed by atoms with E-state index < -0.39 is 0 Å². The molecule has 3 nitrogen and oxygen atoms in total. The van der Waals surface area contributed by atoms with Crippen molar-refractivity contribution in [3.8, 4) is 0 Å². The Morgan fingerprint density at radius 2 is 1.58 bits per heavy atom. The monoisotopic (exact) mass is 377 g/mol. The first-order valence-corrected chi connectivity index (χ1v) is 10.8. The van der Waals surface area contributed by atoms with Crippen LogP contribution in [0, 0.1) is 0 Å². The summed E-state index contributed by atoms with van der Waals surface area (Å²) in [4.78, 5) is 11.4. The summed E-state index contributed by atoms with van der Waals surface area (Å²) in [6.45, 7) is 2.52. The number of nitrogens with one attached hydrogen (secondary N) is 1. The van der Waals surface area contributed by atoms with Crippen LogP contribution in [-0.4, -0.2) is 34.7 Å². The number of carbonyl (C=O) groups is 1. The third kappa shape index (κ3) is 13.0. The van der Waals surface area contributed by atoms with Crippen LogP contribution in [0.3, 0.4) is 0 Å². The number of aliphatic hydroxyl groups is 1. The molecule has 4 heteroatoms. The minimum atomic E-state index is 0.00833. The van der Waals surface area contributed by atoms with Crippen LogP contribution in [0.25, 0.3) is 0 Å². The van der Waals surface area contributed by atoms with E-state index in [0.717, 1.165) is 49.0 Å². The fourth-order valence-corrected chi connectivity index (χ4v) is 3.57. The van der Waals surface area contributed by atoms with Crippen molar-refractivity contribution in [2.45, 2.75) is 68.8 Å². The van der Waals surface area contributed by atoms with E-state index in [1.165, 1.54) is 6.42 Å². The first kappa shape index (κ1) is 22.8. The van der Waals surface area contributed by atoms with Crippen molar-refractivity contribution in [2.75, 3.05) is 13.2 Å². The van der Waals surface area contributed by atoms with E-state index in [9.17, 15) is 4.79 Å². The van der Waals surface area contributed by atoms with Gasteiger partial charge in [0.25, 0.3) is 0 Å². The van der Waals surface area contributed by atoms with E-state index in [2.05, 4.69) is 72.6 Å². The first-order chi connectivity index (χ1) is 12.8. The summed E-state index contributed by atoms with van der Waals surface area (Å²) in [7, 11) is 0. The normalized spacial score (nSPS) is 20.1. The third-order valence-electron chi connectivity index (χ3n) is 4.08. The number of unbranched alkanes of at least 4 members (excludes halogenated alkanes) is 1. The van der Waals surface area contributed by atoms with Gasteiger partial charge in [-0.3, -0.25) is 4.79 Å². The van der Waals surface area contributed by atoms with Crippen LogP contribution in [0.4, 0.5) is 0 Å². The minimum Gasteiger partial charge on any atom is -0.395 e. The Kier molecular flexibility index (Phi) is 14.0. The van der Waals surface area contributed by atoms with E-state index in [1.54, 1.807) is 0 Å². The van der Waals surface area contributed by atoms with Gasteiger partial charge < -0.3 is 10.4 Å². The number of aliphatic hydroxyl groups excluding tert-OH is 1. The smallest absolute Gasteiger partial charge is 0.220 e. The van der Waals surface area contributed by atoms with Crippen molar-refractivity contribution in [3.05, 3.63) is 48.6 Å². The van der Waals surface area contributed by atoms with Gasteiger partial charge in [-0.1, -0.05) is 55.5 Å². The quantitative estimate of drug-likeness (QED) is 0.241. The van der Waals surface area contributed by atoms with Crippen molar-refractivity contribution < 1.29 is 9.90 Å². The molecule has 0 spiro atoms. The van der Waals surface area contributed by atoms with Crippen LogP contribution in [0.2, 0.25) is 0 Å². The molecule has 1 heterocycles. The highest BCUT2D eigenvalue weighted by atomic mass is 32.2. The van der Waals surface area contributed by atoms with Crippen molar-refractivity contribution in [2.24, 2.45) is 0 Å². The molecule has 0 aromatic heterocycles. The van der Waals surface area contributed by atoms with Crippen LogP contribution in [-0.2, 0) is 4.79 Å². The van der Waals surface area contributed by atoms with Gasteiger partial charge >= 0.3 is 0 Å². The fraction of sp³-hybridized carbons (Fsp3) is 0.591. The molecule has 1 rings (SSSR count). The van der Waals surface area contributed by atoms with Gasteiger partial charge in [0.05, 0.1) is 6.61 Å². The molecule has 0 aromatic carbocycles. The lowest BCUT2D eigenvalue weighted by Crippen LogP contribution is -2.25. The van der Waals surface area contributed by atoms with E-state index >= 15 is 0 Å². The van der Waals surface area contributed by atoms with Crippen LogP contribution >= 0.6 is 11.8 Å². The Balaban J connectivity index is 1.95. The molecular formula is C22H35NO2S. The summed E-state index contributed by atoms with van der Waals surface area (Å²) in [5.74, 6) is 0.0318. The van der Waals surface area contributed by atoms with Gasteiger partial charge in [-0.2, -0.15) is 11.8 Å². The molecule has 26 heavy (non-hydrogen) atoms. The number of hydrogen-bond donors (Lipinski definition) is 2. The molecule has 1 fully saturated rings. The highest BCUT2D eigenvalue weighted by molar-refractivity contribution is 8.07. The number of amides is 1. The van der Waals surface area contributed by atoms with Gasteiger partial charge in [0.1, 0.15) is 0 Å². The number of thioether (sulfide) groups is 1. The molecule has 0 radical (unpaired) electrons. The summed E-state index contributed by atoms with van der Waals surface area (Å²) in [6, 6.07) is 0. The van der Waals surface area contributed by atoms with E-state index in [-0.39, 0.29) is 12.5 Å². The van der Waals surface area contributed by atoms with Crippen LogP contribution in [0.5, 0.6) is 0 Å². The molecule has 1 amide bonds. The molecule has 1 aliphatic rings. The molecule has 2 atom stereocenters. The molecule has 2 unspecified atom stereocenters. The number of hydrogen-bond acceptors (Lipinski definition) is 3. The molecule has 0 saturated carbocycles. The van der Waals surface area contributed by atoms with Crippen molar-refractivity contribution in [1.29, 1.82) is 0 Å². The van der Waals surface area contributed by atoms with Gasteiger partial charge in [0.2, 0.25) is 5.91 Å². The number of carbonyl (C=O) groups excluding carboxylic acids is 1. The summed E-state index contributed by atoms with van der Waals surface area (Å²) >= 11 is 2.07. The Morgan fingerprint density at radius 3 is 2.23 bits per heavy atom. The van der Waals surface area contributed by atoms with Gasteiger partial charge in [-0.25, -0.2) is 0 Å². The van der Waals surface area contributed by atoms with Crippen LogP contribution in [0.1, 0.15) is 58.3 Å². The first-order valence-electron chi connectivity index (χ1n) is 9.91. The maximum Gasteiger partial charge on any atom is 0.220 e. The lowest BCUT2D eigenvalue weighted by molar-refractivity contribution is -0.121. The molecular weight excluding hydrogens is 342 g/mol. The van der Waals surface area contributed by atoms with Gasteiger partial charge in [-0.15, -0.1) is 0 Å². The molecule has 0 aliphatic carbocycles. The van der Waals surface area contributed by atoms with Crippen LogP contribution in [0.15, 0.2) is 48.6 Å². The van der Waals surface area contributed by atoms with E-state index in [1.807, 2.05) is 0 Å². The van der Waals surface area contributed by atoms with Gasteiger partial charge in [0, 0.05) is 23.5 Å². The highest BCUT2D eigenvalue weighted by Gasteiger charge is 2.35. The third-order valence-corrected chi connectivity index (χ3v) is 5.51. The summed E-state index contributed by atoms with van der Waals surface area (Å²) < 4.78 is 0. The summed E-state index contributed by atoms with van der Waals surface area (Å²) in [5.41, 5.74) is 0. The zero-order valence-electron chi connectivity index (χ0n) is 16.1. The second kappa shape index (κ2) is 16.0. The molecule has 2 N–H and O–H groups in total. The molecule has 1 aliphatic heterocycles. The lowest BCUT2D eigenvalue weighted by atomic mass is 10.1. The van der Waals surface area contributed by atoms with Crippen molar-refractivity contribution >= 4 is 17.7 Å². The number of allylic oxidation sites excluding steroid dienone is 8. The van der Waals surface area contributed by atoms with Gasteiger partial charge in [-0.05, 0) is 44.9 Å². The SMILES string of the molecule is CC/C=C\C/C=C\C/C=C\CC1SC1C/C=C\CCCC(=O)NCCO. The second-order valence-electron chi connectivity index (χ2n) is 6.42. The Bertz CT molecular complexity index is 483. The predicted octanol–water partition coefficient (Wildman–Crippen LogP) is 4.94. The predicted molar refractivity (Wildman–Crippen MR) is 114 cm³/mol. The number of rotatable bonds is 15. The second-order valence-corrected chi connectivity index (χ2v) is 7.90. The van der Waals surface area contributed by atoms with E-state index in [0.29, 0.717) is 13.0 Å². The average molecular weight is 378 g/mol. The summed E-state index contributed by atoms with van der Waals surface area (Å²) in [6.07, 6.45) is 25.8. The van der Waals surface area contributed by atoms with Crippen LogP contribution < -0.4 is 5.32 Å². The summed E-state index contributed by atoms with van der Waals surface area (Å²) in [5, 5.41) is 12.9. The molecule has 0 bridgehead atoms. The topological polar surface area (TPSA) is 49.3 Å². The zero-order chi connectivity index (χ0) is 18.9. The van der Waals surface area contributed by atoms with Crippen molar-refractivity contribution in [1.82, 2.24) is 5.32 Å². The lowest BCUT2D eigenvalue weighted by Gasteiger charge is -2.00. The van der Waals surface area contributed by atoms with E-state index in [4.69, 9.17) is 5.11 Å². The minimum absolute atomic E-state index is 0.00833. The Labute approximate surface area is 163 Å². The molecule has 0 aromatic rings. The molecule has 146 valence electrons. The standard InChI is InChI=1S/C22H35NO2S/c1-2-3-4-5-6-7-8-9-12-15-20-21(26-20)16-13-10-11-14-17-22(25)23-18-19-24/h3-4,6-7,9-10,12-13,20-21,24H,2,5,8,11,14-19H2,1H3,(H,23,25)/b4-3-,7-6-,12-9-,13-10-. The maximum atomic E-state index is 11.4. The fourth-order valence-electron chi connectivity index (χ4n) is 2.55. The average Bonchev–Trinajstić information content (AvgIpc) is 3.39. The zero-order valence-corrected chi connectivity index (χ0v) is 16.9.